The lowest BCUT2D eigenvalue weighted by atomic mass is 10.0. The van der Waals surface area contributed by atoms with Crippen LogP contribution in [0, 0.1) is 0 Å². The summed E-state index contributed by atoms with van der Waals surface area (Å²) >= 11 is 1.37. The Bertz CT molecular complexity index is 1060. The molecule has 1 aromatic carbocycles. The number of hydrogen-bond acceptors (Lipinski definition) is 8. The lowest BCUT2D eigenvalue weighted by molar-refractivity contribution is -0.117. The summed E-state index contributed by atoms with van der Waals surface area (Å²) in [6.45, 7) is 7.15. The van der Waals surface area contributed by atoms with E-state index in [4.69, 9.17) is 14.2 Å². The zero-order valence-electron chi connectivity index (χ0n) is 22.2. The number of Topliss-reactive ketones (excluding diaryl/α,β-unsaturated/α-hetero) is 1. The summed E-state index contributed by atoms with van der Waals surface area (Å²) in [5.41, 5.74) is 1.49. The zero-order chi connectivity index (χ0) is 26.7. The van der Waals surface area contributed by atoms with Gasteiger partial charge in [0.15, 0.2) is 5.78 Å². The molecule has 0 spiro atoms. The molecule has 8 nitrogen and oxygen atoms in total. The van der Waals surface area contributed by atoms with E-state index in [0.29, 0.717) is 49.6 Å². The second kappa shape index (κ2) is 14.5. The SMILES string of the molecule is CCCCCC(=O)c1ccc(N2C(=O)CC[C@@H]2COCc2ccc(C(=O)OCCN3CCOCC3)s2)cc1. The third-order valence-electron chi connectivity index (χ3n) is 6.96. The molecule has 2 aliphatic heterocycles. The number of nitrogens with zero attached hydrogens (tertiary/aromatic N) is 2. The molecular weight excluding hydrogens is 504 g/mol. The molecule has 2 fully saturated rings. The van der Waals surface area contributed by atoms with E-state index < -0.39 is 0 Å². The molecule has 1 atom stereocenters. The molecule has 2 saturated heterocycles. The molecule has 4 rings (SSSR count). The predicted molar refractivity (Wildman–Crippen MR) is 147 cm³/mol. The summed E-state index contributed by atoms with van der Waals surface area (Å²) in [4.78, 5) is 42.9. The van der Waals surface area contributed by atoms with Gasteiger partial charge in [0.25, 0.3) is 0 Å². The van der Waals surface area contributed by atoms with Gasteiger partial charge in [0.05, 0.1) is 32.5 Å². The van der Waals surface area contributed by atoms with Crippen LogP contribution in [0.4, 0.5) is 5.69 Å². The van der Waals surface area contributed by atoms with E-state index in [1.165, 1.54) is 11.3 Å². The lowest BCUT2D eigenvalue weighted by Gasteiger charge is -2.26. The van der Waals surface area contributed by atoms with Crippen molar-refractivity contribution in [3.05, 3.63) is 51.7 Å². The third kappa shape index (κ3) is 7.96. The number of esters is 1. The maximum atomic E-state index is 12.6. The number of amides is 1. The second-order valence-electron chi connectivity index (χ2n) is 9.75. The minimum absolute atomic E-state index is 0.0572. The van der Waals surface area contributed by atoms with Crippen LogP contribution in [-0.2, 0) is 25.6 Å². The van der Waals surface area contributed by atoms with Crippen LogP contribution in [0.1, 0.15) is 70.4 Å². The first kappa shape index (κ1) is 28.4. The smallest absolute Gasteiger partial charge is 0.348 e. The van der Waals surface area contributed by atoms with Crippen LogP contribution in [-0.4, -0.2) is 74.7 Å². The van der Waals surface area contributed by atoms with Gasteiger partial charge in [-0.15, -0.1) is 11.3 Å². The van der Waals surface area contributed by atoms with Crippen molar-refractivity contribution >= 4 is 34.7 Å². The van der Waals surface area contributed by atoms with Gasteiger partial charge in [0.1, 0.15) is 11.5 Å². The standard InChI is InChI=1S/C29H38N2O6S/c1-2-3-4-5-26(32)22-6-8-23(9-7-22)31-24(10-13-28(31)33)20-36-21-25-11-12-27(38-25)29(34)37-19-16-30-14-17-35-18-15-30/h6-9,11-12,24H,2-5,10,13-21H2,1H3/t24-/m1/s1. The first-order chi connectivity index (χ1) is 18.5. The molecule has 0 unspecified atom stereocenters. The van der Waals surface area contributed by atoms with Gasteiger partial charge in [-0.3, -0.25) is 14.5 Å². The molecular formula is C29H38N2O6S. The Labute approximate surface area is 228 Å². The van der Waals surface area contributed by atoms with E-state index >= 15 is 0 Å². The highest BCUT2D eigenvalue weighted by molar-refractivity contribution is 7.13. The number of ether oxygens (including phenoxy) is 3. The fourth-order valence-electron chi connectivity index (χ4n) is 4.77. The summed E-state index contributed by atoms with van der Waals surface area (Å²) in [6.07, 6.45) is 4.81. The van der Waals surface area contributed by atoms with Crippen molar-refractivity contribution in [1.29, 1.82) is 0 Å². The van der Waals surface area contributed by atoms with Gasteiger partial charge < -0.3 is 19.1 Å². The number of unbranched alkanes of at least 4 members (excludes halogenated alkanes) is 2. The normalized spacial score (nSPS) is 18.2. The highest BCUT2D eigenvalue weighted by atomic mass is 32.1. The number of anilines is 1. The Balaban J connectivity index is 1.22. The molecule has 1 aromatic heterocycles. The van der Waals surface area contributed by atoms with Gasteiger partial charge in [-0.25, -0.2) is 4.79 Å². The van der Waals surface area contributed by atoms with E-state index in [-0.39, 0.29) is 23.7 Å². The van der Waals surface area contributed by atoms with Gasteiger partial charge in [-0.05, 0) is 49.2 Å². The fraction of sp³-hybridized carbons (Fsp3) is 0.552. The molecule has 0 aliphatic carbocycles. The van der Waals surface area contributed by atoms with Crippen molar-refractivity contribution in [2.75, 3.05) is 51.0 Å². The molecule has 1 amide bonds. The van der Waals surface area contributed by atoms with E-state index in [0.717, 1.165) is 62.6 Å². The number of benzene rings is 1. The van der Waals surface area contributed by atoms with Crippen LogP contribution >= 0.6 is 11.3 Å². The first-order valence-electron chi connectivity index (χ1n) is 13.6. The number of thiophene rings is 1. The van der Waals surface area contributed by atoms with E-state index in [9.17, 15) is 14.4 Å². The average molecular weight is 543 g/mol. The van der Waals surface area contributed by atoms with Crippen LogP contribution in [0.2, 0.25) is 0 Å². The first-order valence-corrected chi connectivity index (χ1v) is 14.5. The summed E-state index contributed by atoms with van der Waals surface area (Å²) in [5.74, 6) is -0.0952. The average Bonchev–Trinajstić information content (AvgIpc) is 3.56. The number of rotatable bonds is 14. The van der Waals surface area contributed by atoms with Gasteiger partial charge in [0.2, 0.25) is 5.91 Å². The molecule has 0 N–H and O–H groups in total. The Morgan fingerprint density at radius 2 is 1.87 bits per heavy atom. The van der Waals surface area contributed by atoms with Crippen LogP contribution in [0.3, 0.4) is 0 Å². The molecule has 0 saturated carbocycles. The van der Waals surface area contributed by atoms with Crippen molar-refractivity contribution in [2.24, 2.45) is 0 Å². The molecule has 3 heterocycles. The van der Waals surface area contributed by atoms with Gasteiger partial charge in [0, 0.05) is 48.6 Å². The van der Waals surface area contributed by atoms with Crippen molar-refractivity contribution < 1.29 is 28.6 Å². The monoisotopic (exact) mass is 542 g/mol. The second-order valence-corrected chi connectivity index (χ2v) is 10.9. The van der Waals surface area contributed by atoms with Crippen molar-refractivity contribution in [2.45, 2.75) is 58.1 Å². The number of hydrogen-bond donors (Lipinski definition) is 0. The fourth-order valence-corrected chi connectivity index (χ4v) is 5.61. The highest BCUT2D eigenvalue weighted by Crippen LogP contribution is 2.28. The molecule has 0 radical (unpaired) electrons. The largest absolute Gasteiger partial charge is 0.460 e. The number of morpholine rings is 1. The molecule has 2 aromatic rings. The quantitative estimate of drug-likeness (QED) is 0.194. The minimum Gasteiger partial charge on any atom is -0.460 e. The van der Waals surface area contributed by atoms with E-state index in [1.54, 1.807) is 11.0 Å². The predicted octanol–water partition coefficient (Wildman–Crippen LogP) is 4.71. The lowest BCUT2D eigenvalue weighted by Crippen LogP contribution is -2.38. The van der Waals surface area contributed by atoms with Gasteiger partial charge in [-0.1, -0.05) is 19.8 Å². The molecule has 9 heteroatoms. The number of ketones is 1. The number of carbonyl (C=O) groups excluding carboxylic acids is 3. The van der Waals surface area contributed by atoms with Crippen LogP contribution in [0.15, 0.2) is 36.4 Å². The minimum atomic E-state index is -0.311. The number of carbonyl (C=O) groups is 3. The van der Waals surface area contributed by atoms with Crippen molar-refractivity contribution in [3.63, 3.8) is 0 Å². The Kier molecular flexibility index (Phi) is 10.9. The third-order valence-corrected chi connectivity index (χ3v) is 8.00. The van der Waals surface area contributed by atoms with E-state index in [2.05, 4.69) is 11.8 Å². The summed E-state index contributed by atoms with van der Waals surface area (Å²) in [6, 6.07) is 11.0. The molecule has 38 heavy (non-hydrogen) atoms. The highest BCUT2D eigenvalue weighted by Gasteiger charge is 2.32. The topological polar surface area (TPSA) is 85.4 Å². The van der Waals surface area contributed by atoms with Crippen molar-refractivity contribution in [3.8, 4) is 0 Å². The van der Waals surface area contributed by atoms with Crippen molar-refractivity contribution in [1.82, 2.24) is 4.90 Å². The van der Waals surface area contributed by atoms with Crippen LogP contribution < -0.4 is 4.90 Å². The van der Waals surface area contributed by atoms with Gasteiger partial charge >= 0.3 is 5.97 Å². The van der Waals surface area contributed by atoms with Crippen LogP contribution in [0.5, 0.6) is 0 Å². The summed E-state index contributed by atoms with van der Waals surface area (Å²) in [7, 11) is 0. The zero-order valence-corrected chi connectivity index (χ0v) is 23.0. The Morgan fingerprint density at radius 1 is 1.08 bits per heavy atom. The summed E-state index contributed by atoms with van der Waals surface area (Å²) < 4.78 is 16.7. The summed E-state index contributed by atoms with van der Waals surface area (Å²) in [5, 5.41) is 0. The molecule has 206 valence electrons. The Morgan fingerprint density at radius 3 is 2.63 bits per heavy atom. The molecule has 0 bridgehead atoms. The maximum Gasteiger partial charge on any atom is 0.348 e. The molecule has 2 aliphatic rings. The van der Waals surface area contributed by atoms with Gasteiger partial charge in [-0.2, -0.15) is 0 Å². The van der Waals surface area contributed by atoms with E-state index in [1.807, 2.05) is 30.3 Å². The maximum absolute atomic E-state index is 12.6. The van der Waals surface area contributed by atoms with Crippen LogP contribution in [0.25, 0.3) is 0 Å². The Hall–Kier alpha value is -2.59.